The molecule has 0 bridgehead atoms. The molecule has 1 N–H and O–H groups in total. The molecular weight excluding hydrogens is 330 g/mol. The minimum Gasteiger partial charge on any atom is -0.345 e. The SMILES string of the molecule is CCc1nsc(N2CCCN(C(=O)Nc3cscc3C)CC2)n1. The molecule has 0 radical (unpaired) electrons. The second-order valence-corrected chi connectivity index (χ2v) is 7.05. The summed E-state index contributed by atoms with van der Waals surface area (Å²) >= 11 is 3.06. The molecule has 0 unspecified atom stereocenters. The van der Waals surface area contributed by atoms with Crippen LogP contribution >= 0.6 is 22.9 Å². The molecule has 0 saturated carbocycles. The predicted octanol–water partition coefficient (Wildman–Crippen LogP) is 3.21. The third-order valence-corrected chi connectivity index (χ3v) is 5.60. The van der Waals surface area contributed by atoms with Crippen molar-refractivity contribution in [3.05, 3.63) is 22.1 Å². The summed E-state index contributed by atoms with van der Waals surface area (Å²) in [6, 6.07) is -0.0140. The normalized spacial score (nSPS) is 15.6. The summed E-state index contributed by atoms with van der Waals surface area (Å²) in [4.78, 5) is 21.1. The first-order valence-electron chi connectivity index (χ1n) is 7.83. The number of hydrogen-bond donors (Lipinski definition) is 1. The molecule has 1 fully saturated rings. The van der Waals surface area contributed by atoms with Gasteiger partial charge in [0.25, 0.3) is 0 Å². The number of thiophene rings is 1. The second kappa shape index (κ2) is 7.27. The van der Waals surface area contributed by atoms with Crippen LogP contribution in [0.15, 0.2) is 10.8 Å². The van der Waals surface area contributed by atoms with Crippen molar-refractivity contribution in [1.29, 1.82) is 0 Å². The van der Waals surface area contributed by atoms with Gasteiger partial charge in [0.05, 0.1) is 5.69 Å². The van der Waals surface area contributed by atoms with Crippen LogP contribution in [0.1, 0.15) is 24.7 Å². The van der Waals surface area contributed by atoms with Crippen LogP contribution in [0.5, 0.6) is 0 Å². The predicted molar refractivity (Wildman–Crippen MR) is 95.8 cm³/mol. The topological polar surface area (TPSA) is 61.4 Å². The smallest absolute Gasteiger partial charge is 0.321 e. The van der Waals surface area contributed by atoms with Crippen molar-refractivity contribution in [2.24, 2.45) is 0 Å². The Hall–Kier alpha value is -1.67. The van der Waals surface area contributed by atoms with Crippen molar-refractivity contribution in [2.75, 3.05) is 36.4 Å². The van der Waals surface area contributed by atoms with Gasteiger partial charge in [0.1, 0.15) is 5.82 Å². The largest absolute Gasteiger partial charge is 0.345 e. The number of aryl methyl sites for hydroxylation is 2. The molecule has 2 aromatic heterocycles. The number of aromatic nitrogens is 2. The maximum Gasteiger partial charge on any atom is 0.321 e. The monoisotopic (exact) mass is 351 g/mol. The molecule has 1 aliphatic heterocycles. The fraction of sp³-hybridized carbons (Fsp3) is 0.533. The van der Waals surface area contributed by atoms with Crippen LogP contribution in [0.25, 0.3) is 0 Å². The molecule has 23 heavy (non-hydrogen) atoms. The van der Waals surface area contributed by atoms with Gasteiger partial charge >= 0.3 is 6.03 Å². The van der Waals surface area contributed by atoms with Gasteiger partial charge in [0.2, 0.25) is 5.13 Å². The van der Waals surface area contributed by atoms with Crippen LogP contribution in [-0.4, -0.2) is 46.5 Å². The molecule has 124 valence electrons. The summed E-state index contributed by atoms with van der Waals surface area (Å²) in [5, 5.41) is 8.00. The second-order valence-electron chi connectivity index (χ2n) is 5.57. The third-order valence-electron chi connectivity index (χ3n) is 3.92. The van der Waals surface area contributed by atoms with E-state index in [1.54, 1.807) is 11.3 Å². The van der Waals surface area contributed by atoms with Gasteiger partial charge in [0, 0.05) is 49.5 Å². The molecule has 6 nitrogen and oxygen atoms in total. The molecule has 0 aromatic carbocycles. The standard InChI is InChI=1S/C15H21N5OS2/c1-3-13-17-15(23-18-13)20-6-4-5-19(7-8-20)14(21)16-12-10-22-9-11(12)2/h9-10H,3-8H2,1-2H3,(H,16,21). The molecule has 1 saturated heterocycles. The third kappa shape index (κ3) is 3.81. The number of nitrogens with one attached hydrogen (secondary N) is 1. The Morgan fingerprint density at radius 2 is 2.17 bits per heavy atom. The van der Waals surface area contributed by atoms with E-state index in [9.17, 15) is 4.79 Å². The van der Waals surface area contributed by atoms with E-state index in [-0.39, 0.29) is 6.03 Å². The number of hydrogen-bond acceptors (Lipinski definition) is 6. The van der Waals surface area contributed by atoms with E-state index >= 15 is 0 Å². The molecule has 2 aromatic rings. The number of nitrogens with zero attached hydrogens (tertiary/aromatic N) is 4. The molecule has 0 atom stereocenters. The van der Waals surface area contributed by atoms with Crippen LogP contribution in [0.4, 0.5) is 15.6 Å². The van der Waals surface area contributed by atoms with Crippen molar-refractivity contribution in [3.63, 3.8) is 0 Å². The highest BCUT2D eigenvalue weighted by molar-refractivity contribution is 7.09. The Labute approximate surface area is 144 Å². The molecule has 8 heteroatoms. The van der Waals surface area contributed by atoms with E-state index in [1.807, 2.05) is 22.6 Å². The van der Waals surface area contributed by atoms with Crippen molar-refractivity contribution >= 4 is 39.7 Å². The summed E-state index contributed by atoms with van der Waals surface area (Å²) in [6.07, 6.45) is 1.80. The van der Waals surface area contributed by atoms with Crippen molar-refractivity contribution in [2.45, 2.75) is 26.7 Å². The van der Waals surface area contributed by atoms with Crippen LogP contribution in [-0.2, 0) is 6.42 Å². The van der Waals surface area contributed by atoms with Crippen LogP contribution < -0.4 is 10.2 Å². The summed E-state index contributed by atoms with van der Waals surface area (Å²) in [5.74, 6) is 0.900. The maximum atomic E-state index is 12.4. The average Bonchev–Trinajstić information content (AvgIpc) is 3.10. The summed E-state index contributed by atoms with van der Waals surface area (Å²) in [5.41, 5.74) is 2.03. The lowest BCUT2D eigenvalue weighted by atomic mass is 10.3. The van der Waals surface area contributed by atoms with Gasteiger partial charge in [-0.3, -0.25) is 0 Å². The van der Waals surface area contributed by atoms with E-state index in [4.69, 9.17) is 0 Å². The molecular formula is C15H21N5OS2. The number of anilines is 2. The van der Waals surface area contributed by atoms with Gasteiger partial charge in [-0.15, -0.1) is 11.3 Å². The molecule has 1 aliphatic rings. The van der Waals surface area contributed by atoms with E-state index < -0.39 is 0 Å². The minimum absolute atomic E-state index is 0.0140. The van der Waals surface area contributed by atoms with Crippen LogP contribution in [0.3, 0.4) is 0 Å². The van der Waals surface area contributed by atoms with Gasteiger partial charge in [0.15, 0.2) is 0 Å². The quantitative estimate of drug-likeness (QED) is 0.922. The Morgan fingerprint density at radius 1 is 1.30 bits per heavy atom. The Morgan fingerprint density at radius 3 is 2.87 bits per heavy atom. The highest BCUT2D eigenvalue weighted by Crippen LogP contribution is 2.21. The fourth-order valence-electron chi connectivity index (χ4n) is 2.51. The summed E-state index contributed by atoms with van der Waals surface area (Å²) < 4.78 is 4.35. The first kappa shape index (κ1) is 16.2. The Balaban J connectivity index is 1.59. The fourth-order valence-corrected chi connectivity index (χ4v) is 4.09. The Kier molecular flexibility index (Phi) is 5.12. The van der Waals surface area contributed by atoms with Gasteiger partial charge in [-0.25, -0.2) is 9.78 Å². The average molecular weight is 352 g/mol. The van der Waals surface area contributed by atoms with Gasteiger partial charge in [-0.05, 0) is 24.3 Å². The zero-order chi connectivity index (χ0) is 16.2. The molecule has 0 aliphatic carbocycles. The number of urea groups is 1. The molecule has 3 rings (SSSR count). The van der Waals surface area contributed by atoms with Gasteiger partial charge in [-0.2, -0.15) is 4.37 Å². The summed E-state index contributed by atoms with van der Waals surface area (Å²) in [7, 11) is 0. The van der Waals surface area contributed by atoms with Gasteiger partial charge < -0.3 is 15.1 Å². The number of amides is 2. The highest BCUT2D eigenvalue weighted by Gasteiger charge is 2.21. The maximum absolute atomic E-state index is 12.4. The Bertz CT molecular complexity index is 668. The van der Waals surface area contributed by atoms with Crippen molar-refractivity contribution < 1.29 is 4.79 Å². The molecule has 3 heterocycles. The van der Waals surface area contributed by atoms with Crippen molar-refractivity contribution in [1.82, 2.24) is 14.3 Å². The lowest BCUT2D eigenvalue weighted by molar-refractivity contribution is 0.215. The van der Waals surface area contributed by atoms with Gasteiger partial charge in [-0.1, -0.05) is 6.92 Å². The van der Waals surface area contributed by atoms with E-state index in [1.165, 1.54) is 11.5 Å². The number of carbonyl (C=O) groups excluding carboxylic acids is 1. The number of carbonyl (C=O) groups is 1. The molecule has 0 spiro atoms. The molecule has 2 amide bonds. The zero-order valence-electron chi connectivity index (χ0n) is 13.4. The van der Waals surface area contributed by atoms with E-state index in [0.717, 1.165) is 54.7 Å². The van der Waals surface area contributed by atoms with Crippen molar-refractivity contribution in [3.8, 4) is 0 Å². The van der Waals surface area contributed by atoms with Crippen LogP contribution in [0, 0.1) is 6.92 Å². The first-order chi connectivity index (χ1) is 11.2. The minimum atomic E-state index is -0.0140. The first-order valence-corrected chi connectivity index (χ1v) is 9.55. The highest BCUT2D eigenvalue weighted by atomic mass is 32.1. The van der Waals surface area contributed by atoms with Crippen LogP contribution in [0.2, 0.25) is 0 Å². The number of rotatable bonds is 3. The lowest BCUT2D eigenvalue weighted by Crippen LogP contribution is -2.38. The van der Waals surface area contributed by atoms with E-state index in [0.29, 0.717) is 6.54 Å². The zero-order valence-corrected chi connectivity index (χ0v) is 15.0. The lowest BCUT2D eigenvalue weighted by Gasteiger charge is -2.21. The summed E-state index contributed by atoms with van der Waals surface area (Å²) in [6.45, 7) is 7.26. The van der Waals surface area contributed by atoms with E-state index in [2.05, 4.69) is 26.5 Å².